The maximum absolute atomic E-state index is 10.9. The lowest BCUT2D eigenvalue weighted by molar-refractivity contribution is -0.179. The van der Waals surface area contributed by atoms with Crippen LogP contribution in [0.15, 0.2) is 17.5 Å². The van der Waals surface area contributed by atoms with Gasteiger partial charge in [-0.25, -0.2) is 9.59 Å². The Morgan fingerprint density at radius 1 is 1.47 bits per heavy atom. The third-order valence-electron chi connectivity index (χ3n) is 2.04. The first-order chi connectivity index (χ1) is 7.03. The van der Waals surface area contributed by atoms with Crippen molar-refractivity contribution in [2.75, 3.05) is 7.11 Å². The predicted octanol–water partition coefficient (Wildman–Crippen LogP) is 0.845. The quantitative estimate of drug-likeness (QED) is 0.732. The van der Waals surface area contributed by atoms with E-state index in [2.05, 4.69) is 4.74 Å². The normalized spacial score (nSPS) is 11.3. The second kappa shape index (κ2) is 4.41. The highest BCUT2D eigenvalue weighted by Gasteiger charge is 2.47. The number of ether oxygens (including phenoxy) is 1. The van der Waals surface area contributed by atoms with Gasteiger partial charge in [-0.05, 0) is 11.4 Å². The molecular weight excluding hydrogens is 220 g/mol. The number of hydrogen-bond donors (Lipinski definition) is 2. The molecule has 0 aliphatic carbocycles. The number of hydrogen-bond acceptors (Lipinski definition) is 4. The van der Waals surface area contributed by atoms with Gasteiger partial charge >= 0.3 is 11.9 Å². The second-order valence-corrected chi connectivity index (χ2v) is 3.93. The van der Waals surface area contributed by atoms with Gasteiger partial charge in [-0.15, -0.1) is 11.3 Å². The Hall–Kier alpha value is -1.40. The van der Waals surface area contributed by atoms with Crippen LogP contribution < -0.4 is 0 Å². The minimum atomic E-state index is -2.19. The smallest absolute Gasteiger partial charge is 0.348 e. The number of rotatable bonds is 5. The van der Waals surface area contributed by atoms with Crippen molar-refractivity contribution in [3.8, 4) is 0 Å². The van der Waals surface area contributed by atoms with Crippen LogP contribution in [0, 0.1) is 0 Å². The summed E-state index contributed by atoms with van der Waals surface area (Å²) >= 11 is 1.29. The molecule has 0 spiro atoms. The molecule has 1 aromatic heterocycles. The lowest BCUT2D eigenvalue weighted by Gasteiger charge is -2.22. The fraction of sp³-hybridized carbons (Fsp3) is 0.333. The fourth-order valence-corrected chi connectivity index (χ4v) is 1.92. The van der Waals surface area contributed by atoms with Gasteiger partial charge in [0.15, 0.2) is 0 Å². The van der Waals surface area contributed by atoms with E-state index in [9.17, 15) is 9.59 Å². The van der Waals surface area contributed by atoms with E-state index in [0.717, 1.165) is 7.11 Å². The van der Waals surface area contributed by atoms with Gasteiger partial charge < -0.3 is 14.9 Å². The highest BCUT2D eigenvalue weighted by atomic mass is 32.1. The number of thiophene rings is 1. The van der Waals surface area contributed by atoms with E-state index in [1.807, 2.05) is 0 Å². The summed E-state index contributed by atoms with van der Waals surface area (Å²) in [5, 5.41) is 19.5. The molecule has 0 fully saturated rings. The second-order valence-electron chi connectivity index (χ2n) is 2.90. The van der Waals surface area contributed by atoms with Gasteiger partial charge in [0.05, 0.1) is 0 Å². The monoisotopic (exact) mass is 230 g/mol. The van der Waals surface area contributed by atoms with Crippen LogP contribution in [-0.4, -0.2) is 34.9 Å². The molecule has 0 aromatic carbocycles. The molecule has 1 rings (SSSR count). The summed E-state index contributed by atoms with van der Waals surface area (Å²) in [5.41, 5.74) is -2.19. The maximum Gasteiger partial charge on any atom is 0.348 e. The van der Waals surface area contributed by atoms with Gasteiger partial charge in [0.25, 0.3) is 5.60 Å². The third-order valence-corrected chi connectivity index (χ3v) is 2.92. The predicted molar refractivity (Wildman–Crippen MR) is 53.0 cm³/mol. The molecule has 0 amide bonds. The number of aliphatic carboxylic acids is 2. The van der Waals surface area contributed by atoms with Crippen molar-refractivity contribution in [1.82, 2.24) is 0 Å². The lowest BCUT2D eigenvalue weighted by Crippen LogP contribution is -2.50. The van der Waals surface area contributed by atoms with Crippen LogP contribution in [0.2, 0.25) is 0 Å². The van der Waals surface area contributed by atoms with Crippen LogP contribution in [0.25, 0.3) is 0 Å². The Kier molecular flexibility index (Phi) is 3.43. The molecule has 1 aromatic rings. The van der Waals surface area contributed by atoms with Crippen LogP contribution in [0.1, 0.15) is 4.88 Å². The van der Waals surface area contributed by atoms with Gasteiger partial charge in [-0.1, -0.05) is 6.07 Å². The van der Waals surface area contributed by atoms with Gasteiger partial charge in [0.2, 0.25) is 0 Å². The summed E-state index contributed by atoms with van der Waals surface area (Å²) in [6.45, 7) is 0. The van der Waals surface area contributed by atoms with Crippen molar-refractivity contribution in [1.29, 1.82) is 0 Å². The highest BCUT2D eigenvalue weighted by Crippen LogP contribution is 2.21. The molecule has 1 heterocycles. The minimum absolute atomic E-state index is 0.175. The van der Waals surface area contributed by atoms with Crippen molar-refractivity contribution >= 4 is 23.3 Å². The molecule has 82 valence electrons. The Labute approximate surface area is 89.9 Å². The largest absolute Gasteiger partial charge is 0.479 e. The molecule has 6 heteroatoms. The van der Waals surface area contributed by atoms with E-state index in [-0.39, 0.29) is 6.42 Å². The SMILES string of the molecule is COC(Cc1cccs1)(C(=O)O)C(=O)O. The Bertz CT molecular complexity index is 343. The van der Waals surface area contributed by atoms with E-state index in [4.69, 9.17) is 10.2 Å². The Morgan fingerprint density at radius 3 is 2.40 bits per heavy atom. The van der Waals surface area contributed by atoms with Crippen LogP contribution in [0.4, 0.5) is 0 Å². The van der Waals surface area contributed by atoms with Crippen LogP contribution in [-0.2, 0) is 20.7 Å². The topological polar surface area (TPSA) is 83.8 Å². The number of carboxylic acids is 2. The number of carbonyl (C=O) groups is 2. The average molecular weight is 230 g/mol. The van der Waals surface area contributed by atoms with E-state index in [0.29, 0.717) is 4.88 Å². The van der Waals surface area contributed by atoms with Crippen LogP contribution in [0.5, 0.6) is 0 Å². The zero-order valence-electron chi connectivity index (χ0n) is 7.97. The van der Waals surface area contributed by atoms with Crippen LogP contribution in [0.3, 0.4) is 0 Å². The first-order valence-corrected chi connectivity index (χ1v) is 4.95. The Balaban J connectivity index is 3.00. The summed E-state index contributed by atoms with van der Waals surface area (Å²) in [5.74, 6) is -2.99. The fourth-order valence-electron chi connectivity index (χ4n) is 1.15. The van der Waals surface area contributed by atoms with Crippen molar-refractivity contribution < 1.29 is 24.5 Å². The van der Waals surface area contributed by atoms with Crippen molar-refractivity contribution in [2.24, 2.45) is 0 Å². The molecule has 15 heavy (non-hydrogen) atoms. The molecule has 5 nitrogen and oxygen atoms in total. The van der Waals surface area contributed by atoms with Crippen molar-refractivity contribution in [2.45, 2.75) is 12.0 Å². The van der Waals surface area contributed by atoms with E-state index in [1.165, 1.54) is 11.3 Å². The molecule has 0 radical (unpaired) electrons. The van der Waals surface area contributed by atoms with Gasteiger partial charge in [-0.3, -0.25) is 0 Å². The highest BCUT2D eigenvalue weighted by molar-refractivity contribution is 7.09. The van der Waals surface area contributed by atoms with E-state index in [1.54, 1.807) is 17.5 Å². The number of carboxylic acid groups (broad SMARTS) is 2. The van der Waals surface area contributed by atoms with E-state index < -0.39 is 17.5 Å². The molecule has 0 bridgehead atoms. The van der Waals surface area contributed by atoms with Gasteiger partial charge in [0, 0.05) is 18.4 Å². The van der Waals surface area contributed by atoms with Gasteiger partial charge in [0.1, 0.15) is 0 Å². The summed E-state index contributed by atoms with van der Waals surface area (Å²) in [4.78, 5) is 22.5. The molecule has 0 aliphatic heterocycles. The zero-order chi connectivity index (χ0) is 11.5. The first kappa shape index (κ1) is 11.7. The standard InChI is InChI=1S/C9H10O5S/c1-14-9(7(10)11,8(12)13)5-6-3-2-4-15-6/h2-4H,5H2,1H3,(H,10,11)(H,12,13). The minimum Gasteiger partial charge on any atom is -0.479 e. The Morgan fingerprint density at radius 2 is 2.07 bits per heavy atom. The maximum atomic E-state index is 10.9. The summed E-state index contributed by atoms with van der Waals surface area (Å²) in [6.07, 6.45) is -0.175. The summed E-state index contributed by atoms with van der Waals surface area (Å²) in [6, 6.07) is 3.40. The van der Waals surface area contributed by atoms with Crippen molar-refractivity contribution in [3.05, 3.63) is 22.4 Å². The first-order valence-electron chi connectivity index (χ1n) is 4.07. The summed E-state index contributed by atoms with van der Waals surface area (Å²) < 4.78 is 4.64. The zero-order valence-corrected chi connectivity index (χ0v) is 8.78. The number of methoxy groups -OCH3 is 1. The molecule has 0 saturated heterocycles. The molecule has 0 unspecified atom stereocenters. The average Bonchev–Trinajstić information content (AvgIpc) is 2.65. The lowest BCUT2D eigenvalue weighted by atomic mass is 9.99. The molecule has 0 saturated carbocycles. The molecule has 0 atom stereocenters. The van der Waals surface area contributed by atoms with Crippen LogP contribution >= 0.6 is 11.3 Å². The summed E-state index contributed by atoms with van der Waals surface area (Å²) in [7, 11) is 1.08. The third kappa shape index (κ3) is 2.16. The van der Waals surface area contributed by atoms with Crippen molar-refractivity contribution in [3.63, 3.8) is 0 Å². The molecule has 0 aliphatic rings. The molecular formula is C9H10O5S. The van der Waals surface area contributed by atoms with E-state index >= 15 is 0 Å². The van der Waals surface area contributed by atoms with Gasteiger partial charge in [-0.2, -0.15) is 0 Å². The molecule has 2 N–H and O–H groups in total.